The van der Waals surface area contributed by atoms with Gasteiger partial charge in [-0.1, -0.05) is 13.0 Å². The number of carbonyl (C=O) groups excluding carboxylic acids is 3. The number of hydrogen-bond acceptors (Lipinski definition) is 4. The van der Waals surface area contributed by atoms with Gasteiger partial charge in [0, 0.05) is 42.1 Å². The van der Waals surface area contributed by atoms with Gasteiger partial charge in [0.1, 0.15) is 0 Å². The quantitative estimate of drug-likeness (QED) is 0.604. The molecule has 2 aromatic rings. The summed E-state index contributed by atoms with van der Waals surface area (Å²) >= 11 is 0. The first-order chi connectivity index (χ1) is 14.0. The van der Waals surface area contributed by atoms with Crippen molar-refractivity contribution in [3.63, 3.8) is 0 Å². The molecule has 0 aliphatic heterocycles. The van der Waals surface area contributed by atoms with Crippen molar-refractivity contribution in [2.75, 3.05) is 35.6 Å². The van der Waals surface area contributed by atoms with Gasteiger partial charge in [-0.2, -0.15) is 0 Å². The van der Waals surface area contributed by atoms with Crippen molar-refractivity contribution in [2.24, 2.45) is 0 Å². The zero-order valence-corrected chi connectivity index (χ0v) is 17.1. The molecule has 7 heteroatoms. The van der Waals surface area contributed by atoms with Crippen LogP contribution in [0.2, 0.25) is 0 Å². The van der Waals surface area contributed by atoms with Gasteiger partial charge in [-0.25, -0.2) is 0 Å². The summed E-state index contributed by atoms with van der Waals surface area (Å²) in [6.45, 7) is 7.05. The van der Waals surface area contributed by atoms with E-state index in [1.54, 1.807) is 54.3 Å². The molecule has 7 nitrogen and oxygen atoms in total. The third-order valence-electron chi connectivity index (χ3n) is 4.39. The van der Waals surface area contributed by atoms with Crippen LogP contribution in [-0.2, 0) is 9.59 Å². The molecule has 0 atom stereocenters. The Morgan fingerprint density at radius 2 is 1.41 bits per heavy atom. The maximum Gasteiger partial charge on any atom is 0.253 e. The van der Waals surface area contributed by atoms with E-state index in [1.807, 2.05) is 19.9 Å². The number of nitrogens with one attached hydrogen (secondary N) is 3. The van der Waals surface area contributed by atoms with Crippen molar-refractivity contribution in [2.45, 2.75) is 27.2 Å². The fourth-order valence-electron chi connectivity index (χ4n) is 2.73. The van der Waals surface area contributed by atoms with Gasteiger partial charge in [0.2, 0.25) is 11.8 Å². The Kier molecular flexibility index (Phi) is 8.21. The van der Waals surface area contributed by atoms with Gasteiger partial charge in [0.15, 0.2) is 0 Å². The summed E-state index contributed by atoms with van der Waals surface area (Å²) in [4.78, 5) is 37.7. The van der Waals surface area contributed by atoms with Gasteiger partial charge in [0.05, 0.1) is 6.54 Å². The molecule has 3 amide bonds. The minimum Gasteiger partial charge on any atom is -0.376 e. The second-order valence-corrected chi connectivity index (χ2v) is 6.44. The molecule has 0 aliphatic rings. The molecule has 2 rings (SSSR count). The highest BCUT2D eigenvalue weighted by Crippen LogP contribution is 2.16. The van der Waals surface area contributed by atoms with Crippen LogP contribution < -0.4 is 16.0 Å². The highest BCUT2D eigenvalue weighted by molar-refractivity contribution is 5.97. The number of nitrogens with zero attached hydrogens (tertiary/aromatic N) is 1. The predicted octanol–water partition coefficient (Wildman–Crippen LogP) is 3.57. The monoisotopic (exact) mass is 396 g/mol. The molecule has 0 spiro atoms. The van der Waals surface area contributed by atoms with Crippen molar-refractivity contribution in [1.82, 2.24) is 4.90 Å². The summed E-state index contributed by atoms with van der Waals surface area (Å²) in [6, 6.07) is 14.0. The molecule has 154 valence electrons. The maximum absolute atomic E-state index is 12.3. The Bertz CT molecular complexity index is 845. The molecule has 0 radical (unpaired) electrons. The van der Waals surface area contributed by atoms with E-state index in [-0.39, 0.29) is 24.3 Å². The van der Waals surface area contributed by atoms with Crippen LogP contribution in [-0.4, -0.2) is 42.3 Å². The molecule has 0 saturated carbocycles. The lowest BCUT2D eigenvalue weighted by molar-refractivity contribution is -0.116. The van der Waals surface area contributed by atoms with Crippen molar-refractivity contribution in [3.8, 4) is 0 Å². The first-order valence-electron chi connectivity index (χ1n) is 9.79. The van der Waals surface area contributed by atoms with Gasteiger partial charge < -0.3 is 20.9 Å². The summed E-state index contributed by atoms with van der Waals surface area (Å²) < 4.78 is 0. The molecule has 0 aromatic heterocycles. The molecule has 0 bridgehead atoms. The lowest BCUT2D eigenvalue weighted by Gasteiger charge is -2.18. The Labute approximate surface area is 171 Å². The Morgan fingerprint density at radius 1 is 0.793 bits per heavy atom. The van der Waals surface area contributed by atoms with E-state index in [0.29, 0.717) is 36.4 Å². The molecule has 0 heterocycles. The van der Waals surface area contributed by atoms with E-state index in [4.69, 9.17) is 0 Å². The number of hydrogen-bond donors (Lipinski definition) is 3. The van der Waals surface area contributed by atoms with Gasteiger partial charge >= 0.3 is 0 Å². The van der Waals surface area contributed by atoms with Crippen molar-refractivity contribution in [1.29, 1.82) is 0 Å². The SMILES string of the molecule is CCC(=O)Nc1cccc(NCC(=O)Nc2ccc(C(=O)N(CC)CC)cc2)c1. The smallest absolute Gasteiger partial charge is 0.253 e. The number of carbonyl (C=O) groups is 3. The number of anilines is 3. The zero-order chi connectivity index (χ0) is 21.2. The molecule has 0 fully saturated rings. The van der Waals surface area contributed by atoms with Gasteiger partial charge in [0.25, 0.3) is 5.91 Å². The Balaban J connectivity index is 1.89. The summed E-state index contributed by atoms with van der Waals surface area (Å²) in [5.41, 5.74) is 2.62. The molecule has 3 N–H and O–H groups in total. The summed E-state index contributed by atoms with van der Waals surface area (Å²) in [7, 11) is 0. The highest BCUT2D eigenvalue weighted by atomic mass is 16.2. The first-order valence-corrected chi connectivity index (χ1v) is 9.79. The fourth-order valence-corrected chi connectivity index (χ4v) is 2.73. The molecule has 0 aliphatic carbocycles. The molecule has 0 unspecified atom stereocenters. The Hall–Kier alpha value is -3.35. The average molecular weight is 396 g/mol. The van der Waals surface area contributed by atoms with Gasteiger partial charge in [-0.3, -0.25) is 14.4 Å². The van der Waals surface area contributed by atoms with Crippen molar-refractivity contribution < 1.29 is 14.4 Å². The van der Waals surface area contributed by atoms with E-state index in [2.05, 4.69) is 16.0 Å². The highest BCUT2D eigenvalue weighted by Gasteiger charge is 2.12. The number of benzene rings is 2. The molecule has 2 aromatic carbocycles. The zero-order valence-electron chi connectivity index (χ0n) is 17.1. The summed E-state index contributed by atoms with van der Waals surface area (Å²) in [6.07, 6.45) is 0.402. The third-order valence-corrected chi connectivity index (χ3v) is 4.39. The minimum atomic E-state index is -0.212. The van der Waals surface area contributed by atoms with Gasteiger partial charge in [-0.15, -0.1) is 0 Å². The largest absolute Gasteiger partial charge is 0.376 e. The topological polar surface area (TPSA) is 90.5 Å². The number of rotatable bonds is 9. The first kappa shape index (κ1) is 21.9. The van der Waals surface area contributed by atoms with E-state index >= 15 is 0 Å². The average Bonchev–Trinajstić information content (AvgIpc) is 2.73. The van der Waals surface area contributed by atoms with E-state index in [0.717, 1.165) is 5.69 Å². The van der Waals surface area contributed by atoms with Crippen LogP contribution >= 0.6 is 0 Å². The molecular formula is C22H28N4O3. The Morgan fingerprint density at radius 3 is 2.03 bits per heavy atom. The summed E-state index contributed by atoms with van der Waals surface area (Å²) in [5.74, 6) is -0.303. The van der Waals surface area contributed by atoms with Crippen molar-refractivity contribution in [3.05, 3.63) is 54.1 Å². The fraction of sp³-hybridized carbons (Fsp3) is 0.318. The van der Waals surface area contributed by atoms with E-state index < -0.39 is 0 Å². The second kappa shape index (κ2) is 10.8. The molecule has 29 heavy (non-hydrogen) atoms. The van der Waals surface area contributed by atoms with E-state index in [9.17, 15) is 14.4 Å². The predicted molar refractivity (Wildman–Crippen MR) is 116 cm³/mol. The van der Waals surface area contributed by atoms with Crippen LogP contribution in [0.5, 0.6) is 0 Å². The van der Waals surface area contributed by atoms with E-state index in [1.165, 1.54) is 0 Å². The molecule has 0 saturated heterocycles. The summed E-state index contributed by atoms with van der Waals surface area (Å²) in [5, 5.41) is 8.61. The van der Waals surface area contributed by atoms with Crippen LogP contribution in [0.25, 0.3) is 0 Å². The normalized spacial score (nSPS) is 10.2. The van der Waals surface area contributed by atoms with Crippen LogP contribution in [0.4, 0.5) is 17.1 Å². The lowest BCUT2D eigenvalue weighted by atomic mass is 10.1. The van der Waals surface area contributed by atoms with Crippen LogP contribution in [0.1, 0.15) is 37.6 Å². The third kappa shape index (κ3) is 6.64. The van der Waals surface area contributed by atoms with Crippen LogP contribution in [0.15, 0.2) is 48.5 Å². The second-order valence-electron chi connectivity index (χ2n) is 6.44. The maximum atomic E-state index is 12.3. The van der Waals surface area contributed by atoms with Crippen molar-refractivity contribution >= 4 is 34.8 Å². The molecular weight excluding hydrogens is 368 g/mol. The number of amides is 3. The minimum absolute atomic E-state index is 0.0235. The van der Waals surface area contributed by atoms with Gasteiger partial charge in [-0.05, 0) is 56.3 Å². The van der Waals surface area contributed by atoms with Crippen LogP contribution in [0.3, 0.4) is 0 Å². The van der Waals surface area contributed by atoms with Crippen LogP contribution in [0, 0.1) is 0 Å². The standard InChI is InChI=1S/C22H28N4O3/c1-4-20(27)25-19-9-7-8-18(14-19)23-15-21(28)24-17-12-10-16(11-13-17)22(29)26(5-2)6-3/h7-14,23H,4-6,15H2,1-3H3,(H,24,28)(H,25,27). The lowest BCUT2D eigenvalue weighted by Crippen LogP contribution is -2.30.